The molecule has 2 atom stereocenters. The summed E-state index contributed by atoms with van der Waals surface area (Å²) < 4.78 is 0. The Labute approximate surface area is 126 Å². The highest BCUT2D eigenvalue weighted by Gasteiger charge is 2.28. The third-order valence-electron chi connectivity index (χ3n) is 4.65. The van der Waals surface area contributed by atoms with Gasteiger partial charge in [-0.05, 0) is 30.4 Å². The number of piperazine rings is 1. The molecule has 0 spiro atoms. The van der Waals surface area contributed by atoms with Gasteiger partial charge in [0.1, 0.15) is 0 Å². The molecule has 1 aliphatic rings. The van der Waals surface area contributed by atoms with Crippen LogP contribution >= 0.6 is 0 Å². The van der Waals surface area contributed by atoms with Crippen molar-refractivity contribution in [3.05, 3.63) is 48.0 Å². The standard InChI is InChI=1S/C18H24N2O/c1-19-10-11-20(2)17(13-19)18(21)12-15-8-5-7-14-6-3-4-9-16(14)15/h3-9,17-18,21H,10-13H2,1-2H3. The Morgan fingerprint density at radius 3 is 2.71 bits per heavy atom. The van der Waals surface area contributed by atoms with Gasteiger partial charge in [-0.1, -0.05) is 42.5 Å². The number of benzene rings is 2. The first kappa shape index (κ1) is 14.5. The first-order chi connectivity index (χ1) is 10.1. The van der Waals surface area contributed by atoms with Crippen LogP contribution in [-0.4, -0.2) is 60.8 Å². The molecule has 2 unspecified atom stereocenters. The van der Waals surface area contributed by atoms with Gasteiger partial charge in [-0.15, -0.1) is 0 Å². The average Bonchev–Trinajstić information content (AvgIpc) is 2.50. The Morgan fingerprint density at radius 1 is 1.10 bits per heavy atom. The summed E-state index contributed by atoms with van der Waals surface area (Å²) in [7, 11) is 4.24. The predicted octanol–water partition coefficient (Wildman–Crippen LogP) is 1.99. The number of aliphatic hydroxyl groups is 1. The molecule has 0 radical (unpaired) electrons. The minimum Gasteiger partial charge on any atom is -0.391 e. The van der Waals surface area contributed by atoms with E-state index in [4.69, 9.17) is 0 Å². The third-order valence-corrected chi connectivity index (χ3v) is 4.65. The molecule has 0 saturated carbocycles. The fourth-order valence-electron chi connectivity index (χ4n) is 3.29. The van der Waals surface area contributed by atoms with Gasteiger partial charge >= 0.3 is 0 Å². The Balaban J connectivity index is 1.81. The Morgan fingerprint density at radius 2 is 1.86 bits per heavy atom. The van der Waals surface area contributed by atoms with Gasteiger partial charge < -0.3 is 10.0 Å². The lowest BCUT2D eigenvalue weighted by molar-refractivity contribution is 0.0154. The number of hydrogen-bond acceptors (Lipinski definition) is 3. The first-order valence-corrected chi connectivity index (χ1v) is 7.68. The molecule has 0 bridgehead atoms. The van der Waals surface area contributed by atoms with E-state index in [1.165, 1.54) is 16.3 Å². The van der Waals surface area contributed by atoms with Gasteiger partial charge in [0.25, 0.3) is 0 Å². The smallest absolute Gasteiger partial charge is 0.0748 e. The highest BCUT2D eigenvalue weighted by Crippen LogP contribution is 2.22. The normalized spacial score (nSPS) is 22.5. The predicted molar refractivity (Wildman–Crippen MR) is 87.6 cm³/mol. The van der Waals surface area contributed by atoms with Crippen LogP contribution in [0.1, 0.15) is 5.56 Å². The van der Waals surface area contributed by atoms with Gasteiger partial charge in [0, 0.05) is 32.1 Å². The van der Waals surface area contributed by atoms with Crippen molar-refractivity contribution in [1.29, 1.82) is 0 Å². The van der Waals surface area contributed by atoms with Crippen molar-refractivity contribution in [3.63, 3.8) is 0 Å². The van der Waals surface area contributed by atoms with Crippen LogP contribution in [0.3, 0.4) is 0 Å². The van der Waals surface area contributed by atoms with Gasteiger partial charge in [0.15, 0.2) is 0 Å². The molecule has 3 heteroatoms. The summed E-state index contributed by atoms with van der Waals surface area (Å²) in [5, 5.41) is 13.2. The van der Waals surface area contributed by atoms with E-state index < -0.39 is 0 Å². The van der Waals surface area contributed by atoms with Crippen molar-refractivity contribution in [3.8, 4) is 0 Å². The molecule has 112 valence electrons. The number of aliphatic hydroxyl groups excluding tert-OH is 1. The molecular formula is C18H24N2O. The third kappa shape index (κ3) is 3.10. The summed E-state index contributed by atoms with van der Waals surface area (Å²) in [5.74, 6) is 0. The summed E-state index contributed by atoms with van der Waals surface area (Å²) in [6.45, 7) is 3.03. The topological polar surface area (TPSA) is 26.7 Å². The van der Waals surface area contributed by atoms with Crippen LogP contribution in [0.25, 0.3) is 10.8 Å². The Bertz CT molecular complexity index is 608. The molecule has 0 amide bonds. The molecule has 3 nitrogen and oxygen atoms in total. The van der Waals surface area contributed by atoms with Crippen molar-refractivity contribution in [2.75, 3.05) is 33.7 Å². The van der Waals surface area contributed by atoms with Gasteiger partial charge in [-0.2, -0.15) is 0 Å². The zero-order chi connectivity index (χ0) is 14.8. The van der Waals surface area contributed by atoms with Gasteiger partial charge in [-0.3, -0.25) is 4.90 Å². The maximum Gasteiger partial charge on any atom is 0.0748 e. The highest BCUT2D eigenvalue weighted by atomic mass is 16.3. The summed E-state index contributed by atoms with van der Waals surface area (Å²) in [6.07, 6.45) is 0.382. The van der Waals surface area contributed by atoms with Crippen molar-refractivity contribution in [1.82, 2.24) is 9.80 Å². The molecule has 1 heterocycles. The minimum absolute atomic E-state index is 0.211. The second-order valence-corrected chi connectivity index (χ2v) is 6.22. The molecule has 1 N–H and O–H groups in total. The van der Waals surface area contributed by atoms with E-state index in [2.05, 4.69) is 66.4 Å². The fourth-order valence-corrected chi connectivity index (χ4v) is 3.29. The SMILES string of the molecule is CN1CCN(C)C(C(O)Cc2cccc3ccccc23)C1. The molecular weight excluding hydrogens is 260 g/mol. The summed E-state index contributed by atoms with van der Waals surface area (Å²) in [5.41, 5.74) is 1.24. The number of nitrogens with zero attached hydrogens (tertiary/aromatic N) is 2. The molecule has 1 saturated heterocycles. The van der Waals surface area contributed by atoms with Crippen LogP contribution < -0.4 is 0 Å². The molecule has 3 rings (SSSR count). The lowest BCUT2D eigenvalue weighted by Crippen LogP contribution is -2.55. The van der Waals surface area contributed by atoms with Crippen LogP contribution in [0.15, 0.2) is 42.5 Å². The summed E-state index contributed by atoms with van der Waals surface area (Å²) >= 11 is 0. The maximum atomic E-state index is 10.7. The van der Waals surface area contributed by atoms with Crippen LogP contribution in [-0.2, 0) is 6.42 Å². The van der Waals surface area contributed by atoms with Crippen molar-refractivity contribution in [2.24, 2.45) is 0 Å². The van der Waals surface area contributed by atoms with Crippen molar-refractivity contribution in [2.45, 2.75) is 18.6 Å². The summed E-state index contributed by atoms with van der Waals surface area (Å²) in [4.78, 5) is 4.59. The fraction of sp³-hybridized carbons (Fsp3) is 0.444. The number of hydrogen-bond donors (Lipinski definition) is 1. The summed E-state index contributed by atoms with van der Waals surface area (Å²) in [6, 6.07) is 15.0. The maximum absolute atomic E-state index is 10.7. The van der Waals surface area contributed by atoms with E-state index in [0.29, 0.717) is 6.42 Å². The van der Waals surface area contributed by atoms with E-state index in [-0.39, 0.29) is 12.1 Å². The zero-order valence-electron chi connectivity index (χ0n) is 12.9. The van der Waals surface area contributed by atoms with E-state index in [0.717, 1.165) is 19.6 Å². The minimum atomic E-state index is -0.330. The molecule has 2 aromatic rings. The lowest BCUT2D eigenvalue weighted by atomic mass is 9.95. The Kier molecular flexibility index (Phi) is 4.24. The zero-order valence-corrected chi connectivity index (χ0v) is 12.9. The van der Waals surface area contributed by atoms with E-state index in [1.54, 1.807) is 0 Å². The first-order valence-electron chi connectivity index (χ1n) is 7.68. The van der Waals surface area contributed by atoms with Gasteiger partial charge in [0.05, 0.1) is 6.10 Å². The number of likely N-dealkylation sites (N-methyl/N-ethyl adjacent to an activating group) is 2. The largest absolute Gasteiger partial charge is 0.391 e. The molecule has 1 aliphatic heterocycles. The highest BCUT2D eigenvalue weighted by molar-refractivity contribution is 5.85. The average molecular weight is 284 g/mol. The second kappa shape index (κ2) is 6.14. The molecule has 21 heavy (non-hydrogen) atoms. The van der Waals surface area contributed by atoms with E-state index in [9.17, 15) is 5.11 Å². The van der Waals surface area contributed by atoms with Crippen molar-refractivity contribution < 1.29 is 5.11 Å². The number of rotatable bonds is 3. The quantitative estimate of drug-likeness (QED) is 0.934. The molecule has 0 aliphatic carbocycles. The van der Waals surface area contributed by atoms with Gasteiger partial charge in [-0.25, -0.2) is 0 Å². The van der Waals surface area contributed by atoms with Gasteiger partial charge in [0.2, 0.25) is 0 Å². The molecule has 1 fully saturated rings. The lowest BCUT2D eigenvalue weighted by Gasteiger charge is -2.40. The van der Waals surface area contributed by atoms with E-state index in [1.807, 2.05) is 0 Å². The number of fused-ring (bicyclic) bond motifs is 1. The molecule has 2 aromatic carbocycles. The van der Waals surface area contributed by atoms with Crippen molar-refractivity contribution >= 4 is 10.8 Å². The van der Waals surface area contributed by atoms with E-state index >= 15 is 0 Å². The monoisotopic (exact) mass is 284 g/mol. The van der Waals surface area contributed by atoms with Crippen LogP contribution in [0.4, 0.5) is 0 Å². The van der Waals surface area contributed by atoms with Crippen LogP contribution in [0, 0.1) is 0 Å². The second-order valence-electron chi connectivity index (χ2n) is 6.22. The molecule has 0 aromatic heterocycles. The van der Waals surface area contributed by atoms with Crippen LogP contribution in [0.2, 0.25) is 0 Å². The van der Waals surface area contributed by atoms with Crippen LogP contribution in [0.5, 0.6) is 0 Å². The Hall–Kier alpha value is -1.42.